The topological polar surface area (TPSA) is 54.3 Å². The lowest BCUT2D eigenvalue weighted by atomic mass is 9.99. The Kier molecular flexibility index (Phi) is 5.78. The maximum absolute atomic E-state index is 12.0. The normalized spacial score (nSPS) is 13.6. The van der Waals surface area contributed by atoms with Crippen molar-refractivity contribution in [2.45, 2.75) is 39.2 Å². The number of benzene rings is 1. The summed E-state index contributed by atoms with van der Waals surface area (Å²) in [5.74, 6) is 1.31. The van der Waals surface area contributed by atoms with Gasteiger partial charge in [0, 0.05) is 5.69 Å². The Morgan fingerprint density at radius 2 is 1.91 bits per heavy atom. The van der Waals surface area contributed by atoms with Gasteiger partial charge in [0.1, 0.15) is 5.76 Å². The van der Waals surface area contributed by atoms with Gasteiger partial charge in [-0.1, -0.05) is 26.0 Å². The highest BCUT2D eigenvalue weighted by Gasteiger charge is 2.10. The lowest BCUT2D eigenvalue weighted by Crippen LogP contribution is -2.29. The first-order chi connectivity index (χ1) is 10.6. The Morgan fingerprint density at radius 3 is 2.50 bits per heavy atom. The molecule has 2 atom stereocenters. The van der Waals surface area contributed by atoms with Crippen LogP contribution in [-0.4, -0.2) is 12.5 Å². The third kappa shape index (κ3) is 4.46. The summed E-state index contributed by atoms with van der Waals surface area (Å²) in [6.07, 6.45) is 2.74. The maximum Gasteiger partial charge on any atom is 0.238 e. The lowest BCUT2D eigenvalue weighted by Gasteiger charge is -2.12. The quantitative estimate of drug-likeness (QED) is 0.810. The predicted octanol–water partition coefficient (Wildman–Crippen LogP) is 4.08. The molecule has 0 aliphatic heterocycles. The molecular formula is C18H24N2O2. The highest BCUT2D eigenvalue weighted by molar-refractivity contribution is 5.92. The molecule has 22 heavy (non-hydrogen) atoms. The molecule has 1 amide bonds. The summed E-state index contributed by atoms with van der Waals surface area (Å²) in [7, 11) is 0. The van der Waals surface area contributed by atoms with Crippen LogP contribution in [0.15, 0.2) is 47.1 Å². The van der Waals surface area contributed by atoms with Crippen molar-refractivity contribution in [1.29, 1.82) is 0 Å². The lowest BCUT2D eigenvalue weighted by molar-refractivity contribution is -0.115. The number of nitrogens with one attached hydrogen (secondary N) is 2. The Balaban J connectivity index is 1.81. The fraction of sp³-hybridized carbons (Fsp3) is 0.389. The van der Waals surface area contributed by atoms with E-state index in [0.717, 1.165) is 17.9 Å². The van der Waals surface area contributed by atoms with Crippen molar-refractivity contribution < 1.29 is 9.21 Å². The fourth-order valence-corrected chi connectivity index (χ4v) is 2.22. The molecule has 4 nitrogen and oxygen atoms in total. The second kappa shape index (κ2) is 7.80. The summed E-state index contributed by atoms with van der Waals surface area (Å²) in [5.41, 5.74) is 2.12. The van der Waals surface area contributed by atoms with Gasteiger partial charge < -0.3 is 9.73 Å². The summed E-state index contributed by atoms with van der Waals surface area (Å²) in [6, 6.07) is 11.8. The molecule has 118 valence electrons. The maximum atomic E-state index is 12.0. The fourth-order valence-electron chi connectivity index (χ4n) is 2.22. The minimum atomic E-state index is -0.0605. The molecule has 1 aromatic carbocycles. The zero-order chi connectivity index (χ0) is 15.9. The number of hydrogen-bond donors (Lipinski definition) is 2. The Bertz CT molecular complexity index is 576. The molecule has 0 saturated heterocycles. The number of anilines is 1. The van der Waals surface area contributed by atoms with E-state index in [0.29, 0.717) is 5.92 Å². The van der Waals surface area contributed by atoms with Gasteiger partial charge in [-0.15, -0.1) is 0 Å². The zero-order valence-corrected chi connectivity index (χ0v) is 13.4. The second-order valence-corrected chi connectivity index (χ2v) is 5.60. The van der Waals surface area contributed by atoms with Gasteiger partial charge in [0.05, 0.1) is 18.8 Å². The van der Waals surface area contributed by atoms with Crippen LogP contribution in [0.3, 0.4) is 0 Å². The first-order valence-corrected chi connectivity index (χ1v) is 7.76. The number of rotatable bonds is 7. The van der Waals surface area contributed by atoms with E-state index in [1.807, 2.05) is 31.2 Å². The minimum Gasteiger partial charge on any atom is -0.468 e. The SMILES string of the molecule is CC[C@@H](C)c1ccc(NC(=O)CN[C@H](C)c2ccco2)cc1. The Morgan fingerprint density at radius 1 is 1.18 bits per heavy atom. The molecule has 2 N–H and O–H groups in total. The number of amides is 1. The number of carbonyl (C=O) groups excluding carboxylic acids is 1. The van der Waals surface area contributed by atoms with E-state index in [1.54, 1.807) is 6.26 Å². The van der Waals surface area contributed by atoms with Crippen LogP contribution >= 0.6 is 0 Å². The van der Waals surface area contributed by atoms with Crippen LogP contribution in [0.1, 0.15) is 50.5 Å². The van der Waals surface area contributed by atoms with Crippen LogP contribution in [-0.2, 0) is 4.79 Å². The van der Waals surface area contributed by atoms with Crippen LogP contribution in [0.5, 0.6) is 0 Å². The summed E-state index contributed by atoms with van der Waals surface area (Å²) >= 11 is 0. The summed E-state index contributed by atoms with van der Waals surface area (Å²) in [5, 5.41) is 6.03. The monoisotopic (exact) mass is 300 g/mol. The average Bonchev–Trinajstić information content (AvgIpc) is 3.07. The van der Waals surface area contributed by atoms with Crippen molar-refractivity contribution in [3.63, 3.8) is 0 Å². The van der Waals surface area contributed by atoms with E-state index >= 15 is 0 Å². The van der Waals surface area contributed by atoms with Gasteiger partial charge in [-0.05, 0) is 49.1 Å². The van der Waals surface area contributed by atoms with Crippen molar-refractivity contribution in [1.82, 2.24) is 5.32 Å². The molecule has 0 radical (unpaired) electrons. The van der Waals surface area contributed by atoms with E-state index in [4.69, 9.17) is 4.42 Å². The second-order valence-electron chi connectivity index (χ2n) is 5.60. The summed E-state index contributed by atoms with van der Waals surface area (Å²) in [4.78, 5) is 12.0. The highest BCUT2D eigenvalue weighted by Crippen LogP contribution is 2.20. The molecule has 2 aromatic rings. The number of carbonyl (C=O) groups is 1. The predicted molar refractivity (Wildman–Crippen MR) is 88.9 cm³/mol. The minimum absolute atomic E-state index is 0.00790. The first-order valence-electron chi connectivity index (χ1n) is 7.76. The van der Waals surface area contributed by atoms with Gasteiger partial charge in [-0.3, -0.25) is 10.1 Å². The smallest absolute Gasteiger partial charge is 0.238 e. The van der Waals surface area contributed by atoms with Crippen molar-refractivity contribution in [2.24, 2.45) is 0 Å². The van der Waals surface area contributed by atoms with Crippen LogP contribution in [0, 0.1) is 0 Å². The van der Waals surface area contributed by atoms with E-state index < -0.39 is 0 Å². The van der Waals surface area contributed by atoms with Gasteiger partial charge in [0.2, 0.25) is 5.91 Å². The van der Waals surface area contributed by atoms with Gasteiger partial charge in [0.25, 0.3) is 0 Å². The van der Waals surface area contributed by atoms with Gasteiger partial charge in [0.15, 0.2) is 0 Å². The molecular weight excluding hydrogens is 276 g/mol. The van der Waals surface area contributed by atoms with Crippen LogP contribution in [0.4, 0.5) is 5.69 Å². The third-order valence-corrected chi connectivity index (χ3v) is 3.91. The van der Waals surface area contributed by atoms with Crippen molar-refractivity contribution in [3.05, 3.63) is 54.0 Å². The average molecular weight is 300 g/mol. The largest absolute Gasteiger partial charge is 0.468 e. The highest BCUT2D eigenvalue weighted by atomic mass is 16.3. The molecule has 2 rings (SSSR count). The standard InChI is InChI=1S/C18H24N2O2/c1-4-13(2)15-7-9-16(10-8-15)20-18(21)12-19-14(3)17-6-5-11-22-17/h5-11,13-14,19H,4,12H2,1-3H3,(H,20,21)/t13-,14-/m1/s1. The molecule has 0 spiro atoms. The van der Waals surface area contributed by atoms with E-state index in [9.17, 15) is 4.79 Å². The molecule has 0 fully saturated rings. The van der Waals surface area contributed by atoms with Crippen molar-refractivity contribution >= 4 is 11.6 Å². The van der Waals surface area contributed by atoms with E-state index in [-0.39, 0.29) is 18.5 Å². The summed E-state index contributed by atoms with van der Waals surface area (Å²) in [6.45, 7) is 6.59. The molecule has 0 aliphatic carbocycles. The van der Waals surface area contributed by atoms with Crippen molar-refractivity contribution in [3.8, 4) is 0 Å². The Labute approximate surface area is 131 Å². The van der Waals surface area contributed by atoms with E-state index in [1.165, 1.54) is 5.56 Å². The van der Waals surface area contributed by atoms with Crippen LogP contribution in [0.25, 0.3) is 0 Å². The molecule has 0 saturated carbocycles. The molecule has 0 aliphatic rings. The summed E-state index contributed by atoms with van der Waals surface area (Å²) < 4.78 is 5.30. The van der Waals surface area contributed by atoms with Crippen molar-refractivity contribution in [2.75, 3.05) is 11.9 Å². The van der Waals surface area contributed by atoms with E-state index in [2.05, 4.69) is 36.6 Å². The molecule has 4 heteroatoms. The number of furan rings is 1. The molecule has 1 aromatic heterocycles. The van der Waals surface area contributed by atoms with Crippen LogP contribution < -0.4 is 10.6 Å². The molecule has 1 heterocycles. The van der Waals surface area contributed by atoms with Gasteiger partial charge >= 0.3 is 0 Å². The third-order valence-electron chi connectivity index (χ3n) is 3.91. The zero-order valence-electron chi connectivity index (χ0n) is 13.4. The van der Waals surface area contributed by atoms with Gasteiger partial charge in [-0.2, -0.15) is 0 Å². The molecule has 0 bridgehead atoms. The van der Waals surface area contributed by atoms with Gasteiger partial charge in [-0.25, -0.2) is 0 Å². The first kappa shape index (κ1) is 16.3. The van der Waals surface area contributed by atoms with Crippen LogP contribution in [0.2, 0.25) is 0 Å². The number of hydrogen-bond acceptors (Lipinski definition) is 3. The Hall–Kier alpha value is -2.07. The molecule has 0 unspecified atom stereocenters.